The quantitative estimate of drug-likeness (QED) is 0.816. The Labute approximate surface area is 108 Å². The summed E-state index contributed by atoms with van der Waals surface area (Å²) in [6, 6.07) is 1.55. The maximum atomic E-state index is 13.4. The van der Waals surface area contributed by atoms with E-state index in [-0.39, 0.29) is 10.3 Å². The molecular formula is C12H17F4NS. The third kappa shape index (κ3) is 3.03. The van der Waals surface area contributed by atoms with Gasteiger partial charge in [0.1, 0.15) is 6.04 Å². The molecule has 1 heterocycles. The second-order valence-electron chi connectivity index (χ2n) is 5.15. The van der Waals surface area contributed by atoms with Gasteiger partial charge in [0.2, 0.25) is 0 Å². The van der Waals surface area contributed by atoms with Crippen LogP contribution in [0.4, 0.5) is 17.6 Å². The first-order valence-electron chi connectivity index (χ1n) is 5.54. The fourth-order valence-electron chi connectivity index (χ4n) is 1.56. The number of thiophene rings is 1. The largest absolute Gasteiger partial charge is 0.327 e. The molecule has 0 aromatic carbocycles. The molecule has 0 spiro atoms. The lowest BCUT2D eigenvalue weighted by Crippen LogP contribution is -2.40. The summed E-state index contributed by atoms with van der Waals surface area (Å²) in [5.41, 5.74) is -0.179. The summed E-state index contributed by atoms with van der Waals surface area (Å²) in [4.78, 5) is 1.12. The summed E-state index contributed by atoms with van der Waals surface area (Å²) in [7, 11) is 1.26. The van der Waals surface area contributed by atoms with Crippen LogP contribution in [0.1, 0.15) is 36.6 Å². The van der Waals surface area contributed by atoms with E-state index in [2.05, 4.69) is 5.32 Å². The van der Waals surface area contributed by atoms with Crippen LogP contribution in [0.5, 0.6) is 0 Å². The standard InChI is InChI=1S/C12H17F4NS/c1-11(2,3)8-6-5-7(18-8)9(17-4)12(15,16)10(13)14/h5-6,9-10,17H,1-4H3. The Balaban J connectivity index is 3.08. The van der Waals surface area contributed by atoms with Crippen LogP contribution in [0, 0.1) is 0 Å². The fraction of sp³-hybridized carbons (Fsp3) is 0.667. The molecule has 0 fully saturated rings. The van der Waals surface area contributed by atoms with Crippen LogP contribution in [0.3, 0.4) is 0 Å². The van der Waals surface area contributed by atoms with Gasteiger partial charge in [0.15, 0.2) is 0 Å². The molecule has 1 aromatic rings. The van der Waals surface area contributed by atoms with Crippen molar-refractivity contribution in [3.05, 3.63) is 21.9 Å². The van der Waals surface area contributed by atoms with Crippen LogP contribution < -0.4 is 5.32 Å². The highest BCUT2D eigenvalue weighted by Crippen LogP contribution is 2.41. The van der Waals surface area contributed by atoms with E-state index in [1.54, 1.807) is 6.07 Å². The van der Waals surface area contributed by atoms with Crippen molar-refractivity contribution in [2.45, 2.75) is 44.6 Å². The van der Waals surface area contributed by atoms with Crippen LogP contribution in [0.15, 0.2) is 12.1 Å². The van der Waals surface area contributed by atoms with Gasteiger partial charge in [-0.25, -0.2) is 8.78 Å². The van der Waals surface area contributed by atoms with Gasteiger partial charge >= 0.3 is 12.3 Å². The van der Waals surface area contributed by atoms with Crippen molar-refractivity contribution < 1.29 is 17.6 Å². The van der Waals surface area contributed by atoms with Crippen LogP contribution in [0.2, 0.25) is 0 Å². The van der Waals surface area contributed by atoms with E-state index in [4.69, 9.17) is 0 Å². The third-order valence-electron chi connectivity index (χ3n) is 2.62. The van der Waals surface area contributed by atoms with Gasteiger partial charge in [-0.3, -0.25) is 0 Å². The molecule has 0 radical (unpaired) electrons. The molecule has 18 heavy (non-hydrogen) atoms. The Kier molecular flexibility index (Phi) is 4.43. The Hall–Kier alpha value is -0.620. The number of alkyl halides is 4. The normalized spacial score (nSPS) is 15.2. The van der Waals surface area contributed by atoms with Crippen molar-refractivity contribution in [2.24, 2.45) is 0 Å². The Morgan fingerprint density at radius 2 is 1.72 bits per heavy atom. The Bertz CT molecular complexity index is 395. The van der Waals surface area contributed by atoms with Gasteiger partial charge in [0.05, 0.1) is 0 Å². The van der Waals surface area contributed by atoms with E-state index in [0.29, 0.717) is 0 Å². The van der Waals surface area contributed by atoms with Crippen molar-refractivity contribution in [3.63, 3.8) is 0 Å². The van der Waals surface area contributed by atoms with E-state index < -0.39 is 18.4 Å². The number of rotatable bonds is 4. The fourth-order valence-corrected chi connectivity index (χ4v) is 2.79. The molecule has 1 unspecified atom stereocenters. The predicted octanol–water partition coefficient (Wildman–Crippen LogP) is 4.21. The number of nitrogens with one attached hydrogen (secondary N) is 1. The van der Waals surface area contributed by atoms with Crippen molar-refractivity contribution in [3.8, 4) is 0 Å². The molecule has 1 aromatic heterocycles. The molecule has 0 bridgehead atoms. The van der Waals surface area contributed by atoms with Gasteiger partial charge in [0.25, 0.3) is 0 Å². The van der Waals surface area contributed by atoms with E-state index >= 15 is 0 Å². The Morgan fingerprint density at radius 1 is 1.17 bits per heavy atom. The zero-order valence-electron chi connectivity index (χ0n) is 10.7. The molecule has 104 valence electrons. The first-order chi connectivity index (χ1) is 8.10. The molecule has 1 N–H and O–H groups in total. The maximum Gasteiger partial charge on any atom is 0.327 e. The lowest BCUT2D eigenvalue weighted by Gasteiger charge is -2.25. The average molecular weight is 283 g/mol. The van der Waals surface area contributed by atoms with Gasteiger partial charge in [0, 0.05) is 9.75 Å². The van der Waals surface area contributed by atoms with E-state index in [1.807, 2.05) is 20.8 Å². The predicted molar refractivity (Wildman–Crippen MR) is 65.8 cm³/mol. The van der Waals surface area contributed by atoms with Gasteiger partial charge in [-0.15, -0.1) is 11.3 Å². The molecule has 0 saturated heterocycles. The highest BCUT2D eigenvalue weighted by molar-refractivity contribution is 7.12. The minimum absolute atomic E-state index is 0.179. The zero-order chi connectivity index (χ0) is 14.1. The van der Waals surface area contributed by atoms with Crippen molar-refractivity contribution in [2.75, 3.05) is 7.05 Å². The topological polar surface area (TPSA) is 12.0 Å². The number of hydrogen-bond acceptors (Lipinski definition) is 2. The van der Waals surface area contributed by atoms with Crippen molar-refractivity contribution >= 4 is 11.3 Å². The highest BCUT2D eigenvalue weighted by atomic mass is 32.1. The third-order valence-corrected chi connectivity index (χ3v) is 4.19. The summed E-state index contributed by atoms with van der Waals surface area (Å²) in [6.45, 7) is 5.84. The van der Waals surface area contributed by atoms with Crippen LogP contribution in [0.25, 0.3) is 0 Å². The first-order valence-corrected chi connectivity index (χ1v) is 6.35. The molecule has 0 saturated carbocycles. The van der Waals surface area contributed by atoms with Crippen LogP contribution >= 0.6 is 11.3 Å². The van der Waals surface area contributed by atoms with Gasteiger partial charge in [-0.2, -0.15) is 8.78 Å². The van der Waals surface area contributed by atoms with Crippen molar-refractivity contribution in [1.29, 1.82) is 0 Å². The molecule has 6 heteroatoms. The molecule has 0 amide bonds. The minimum Gasteiger partial charge on any atom is -0.307 e. The summed E-state index contributed by atoms with van der Waals surface area (Å²) in [5.74, 6) is -4.07. The molecule has 1 rings (SSSR count). The lowest BCUT2D eigenvalue weighted by atomic mass is 9.95. The van der Waals surface area contributed by atoms with E-state index in [9.17, 15) is 17.6 Å². The van der Waals surface area contributed by atoms with E-state index in [1.165, 1.54) is 13.1 Å². The molecule has 0 aliphatic carbocycles. The lowest BCUT2D eigenvalue weighted by molar-refractivity contribution is -0.149. The molecule has 0 aliphatic rings. The molecule has 1 atom stereocenters. The smallest absolute Gasteiger partial charge is 0.307 e. The second kappa shape index (κ2) is 5.17. The zero-order valence-corrected chi connectivity index (χ0v) is 11.5. The maximum absolute atomic E-state index is 13.4. The molecule has 1 nitrogen and oxygen atoms in total. The molecule has 0 aliphatic heterocycles. The van der Waals surface area contributed by atoms with E-state index in [0.717, 1.165) is 16.2 Å². The summed E-state index contributed by atoms with van der Waals surface area (Å²) < 4.78 is 51.6. The summed E-state index contributed by atoms with van der Waals surface area (Å²) in [6.07, 6.45) is -3.69. The summed E-state index contributed by atoms with van der Waals surface area (Å²) in [5, 5.41) is 2.29. The summed E-state index contributed by atoms with van der Waals surface area (Å²) >= 11 is 1.14. The van der Waals surface area contributed by atoms with Crippen LogP contribution in [-0.2, 0) is 5.41 Å². The monoisotopic (exact) mass is 283 g/mol. The van der Waals surface area contributed by atoms with Gasteiger partial charge in [-0.1, -0.05) is 20.8 Å². The minimum atomic E-state index is -4.07. The number of halogens is 4. The van der Waals surface area contributed by atoms with Gasteiger partial charge in [-0.05, 0) is 24.6 Å². The highest BCUT2D eigenvalue weighted by Gasteiger charge is 2.49. The van der Waals surface area contributed by atoms with Crippen LogP contribution in [-0.4, -0.2) is 19.4 Å². The molecular weight excluding hydrogens is 266 g/mol. The Morgan fingerprint density at radius 3 is 2.06 bits per heavy atom. The SMILES string of the molecule is CNC(c1ccc(C(C)(C)C)s1)C(F)(F)C(F)F. The van der Waals surface area contributed by atoms with Gasteiger partial charge < -0.3 is 5.32 Å². The van der Waals surface area contributed by atoms with Crippen molar-refractivity contribution in [1.82, 2.24) is 5.32 Å². The average Bonchev–Trinajstić information content (AvgIpc) is 2.66. The first kappa shape index (κ1) is 15.4. The number of hydrogen-bond donors (Lipinski definition) is 1. The second-order valence-corrected chi connectivity index (χ2v) is 6.26.